The van der Waals surface area contributed by atoms with Crippen molar-refractivity contribution in [1.29, 1.82) is 5.26 Å². The summed E-state index contributed by atoms with van der Waals surface area (Å²) in [5.74, 6) is 0.682. The van der Waals surface area contributed by atoms with E-state index in [9.17, 15) is 15.3 Å². The Kier molecular flexibility index (Phi) is 4.04. The van der Waals surface area contributed by atoms with Gasteiger partial charge in [0.15, 0.2) is 5.44 Å². The summed E-state index contributed by atoms with van der Waals surface area (Å²) in [5.41, 5.74) is -0.396. The summed E-state index contributed by atoms with van der Waals surface area (Å²) in [7, 11) is 0. The first kappa shape index (κ1) is 13.1. The van der Waals surface area contributed by atoms with Crippen molar-refractivity contribution in [2.75, 3.05) is 5.75 Å². The van der Waals surface area contributed by atoms with E-state index < -0.39 is 23.7 Å². The monoisotopic (exact) mass is 268 g/mol. The van der Waals surface area contributed by atoms with Gasteiger partial charge in [0, 0.05) is 5.75 Å². The molecule has 0 bridgehead atoms. The minimum absolute atomic E-state index is 0.273. The number of rotatable bonds is 2. The second-order valence-electron chi connectivity index (χ2n) is 3.86. The maximum absolute atomic E-state index is 9.74. The highest BCUT2D eigenvalue weighted by Crippen LogP contribution is 2.28. The van der Waals surface area contributed by atoms with Crippen molar-refractivity contribution < 1.29 is 20.1 Å². The summed E-state index contributed by atoms with van der Waals surface area (Å²) < 4.78 is 5.46. The second-order valence-corrected chi connectivity index (χ2v) is 4.99. The van der Waals surface area contributed by atoms with Crippen LogP contribution in [-0.4, -0.2) is 49.8 Å². The third-order valence-corrected chi connectivity index (χ3v) is 3.79. The van der Waals surface area contributed by atoms with Gasteiger partial charge < -0.3 is 20.1 Å². The Bertz CT molecular complexity index is 447. The van der Waals surface area contributed by atoms with Crippen molar-refractivity contribution in [2.45, 2.75) is 23.7 Å². The summed E-state index contributed by atoms with van der Waals surface area (Å²) in [6.07, 6.45) is -1.97. The Labute approximate surface area is 108 Å². The van der Waals surface area contributed by atoms with Gasteiger partial charge in [-0.3, -0.25) is 0 Å². The van der Waals surface area contributed by atoms with E-state index in [0.717, 1.165) is 0 Å². The van der Waals surface area contributed by atoms with Crippen LogP contribution in [0.25, 0.3) is 0 Å². The number of pyridine rings is 1. The second kappa shape index (κ2) is 5.54. The van der Waals surface area contributed by atoms with Crippen molar-refractivity contribution in [2.24, 2.45) is 0 Å². The van der Waals surface area contributed by atoms with Crippen molar-refractivity contribution in [3.8, 4) is 11.8 Å². The predicted molar refractivity (Wildman–Crippen MR) is 63.8 cm³/mol. The van der Waals surface area contributed by atoms with Crippen molar-refractivity contribution in [3.63, 3.8) is 0 Å². The molecule has 0 saturated carbocycles. The zero-order valence-corrected chi connectivity index (χ0v) is 10.1. The number of nitrogens with zero attached hydrogens (tertiary/aromatic N) is 2. The van der Waals surface area contributed by atoms with Gasteiger partial charge in [-0.1, -0.05) is 0 Å². The minimum atomic E-state index is -1.22. The largest absolute Gasteiger partial charge is 0.475 e. The van der Waals surface area contributed by atoms with Gasteiger partial charge >= 0.3 is 0 Å². The smallest absolute Gasteiger partial charge is 0.173 e. The molecule has 1 aliphatic rings. The molecule has 2 heterocycles. The van der Waals surface area contributed by atoms with Gasteiger partial charge in [0.2, 0.25) is 0 Å². The number of hydrogen-bond acceptors (Lipinski definition) is 7. The van der Waals surface area contributed by atoms with Gasteiger partial charge in [-0.15, -0.1) is 11.8 Å². The van der Waals surface area contributed by atoms with Crippen LogP contribution in [-0.2, 0) is 0 Å². The topological polar surface area (TPSA) is 107 Å². The fraction of sp³-hybridized carbons (Fsp3) is 0.455. The molecular formula is C11H12N2O4S. The molecule has 96 valence electrons. The molecular weight excluding hydrogens is 256 g/mol. The third-order valence-electron chi connectivity index (χ3n) is 2.56. The van der Waals surface area contributed by atoms with Gasteiger partial charge in [0.05, 0.1) is 12.3 Å². The number of aromatic nitrogens is 1. The van der Waals surface area contributed by atoms with E-state index >= 15 is 0 Å². The molecule has 6 nitrogen and oxygen atoms in total. The van der Waals surface area contributed by atoms with Crippen LogP contribution in [0, 0.1) is 11.3 Å². The highest BCUT2D eigenvalue weighted by molar-refractivity contribution is 7.99. The maximum Gasteiger partial charge on any atom is 0.173 e. The lowest BCUT2D eigenvalue weighted by Gasteiger charge is -2.34. The molecule has 0 amide bonds. The summed E-state index contributed by atoms with van der Waals surface area (Å²) >= 11 is 1.21. The molecule has 1 fully saturated rings. The number of aliphatic hydroxyl groups excluding tert-OH is 3. The summed E-state index contributed by atoms with van der Waals surface area (Å²) in [6.45, 7) is 0. The Balaban J connectivity index is 2.02. The Morgan fingerprint density at radius 1 is 1.33 bits per heavy atom. The Morgan fingerprint density at radius 3 is 2.72 bits per heavy atom. The number of thioether (sulfide) groups is 1. The van der Waals surface area contributed by atoms with E-state index in [4.69, 9.17) is 10.00 Å². The molecule has 1 saturated heterocycles. The van der Waals surface area contributed by atoms with Crippen LogP contribution < -0.4 is 4.74 Å². The third kappa shape index (κ3) is 2.73. The highest BCUT2D eigenvalue weighted by atomic mass is 32.2. The molecule has 3 N–H and O–H groups in total. The molecule has 1 aliphatic heterocycles. The van der Waals surface area contributed by atoms with E-state index in [1.165, 1.54) is 24.0 Å². The Morgan fingerprint density at radius 2 is 2.11 bits per heavy atom. The molecule has 0 aliphatic carbocycles. The molecule has 0 unspecified atom stereocenters. The molecule has 0 radical (unpaired) electrons. The molecule has 0 aromatic carbocycles. The molecule has 7 heteroatoms. The van der Waals surface area contributed by atoms with Crippen LogP contribution in [0.2, 0.25) is 0 Å². The zero-order valence-electron chi connectivity index (χ0n) is 9.30. The number of aliphatic hydroxyl groups is 3. The molecule has 4 atom stereocenters. The van der Waals surface area contributed by atoms with E-state index in [2.05, 4.69) is 4.98 Å². The standard InChI is InChI=1S/C11H12N2O4S/c12-3-6-1-2-7(4-13-6)17-11-10(16)9(15)8(14)5-18-11/h1-2,4,8-11,14-16H,5H2/t8-,9+,10-,11+/m1/s1. The average molecular weight is 268 g/mol. The maximum atomic E-state index is 9.74. The van der Waals surface area contributed by atoms with Gasteiger partial charge in [-0.25, -0.2) is 4.98 Å². The van der Waals surface area contributed by atoms with Gasteiger partial charge in [-0.05, 0) is 12.1 Å². The van der Waals surface area contributed by atoms with E-state index in [-0.39, 0.29) is 11.4 Å². The molecule has 1 aromatic rings. The summed E-state index contributed by atoms with van der Waals surface area (Å²) in [5, 5.41) is 37.2. The van der Waals surface area contributed by atoms with E-state index in [1.54, 1.807) is 6.07 Å². The van der Waals surface area contributed by atoms with Crippen molar-refractivity contribution in [3.05, 3.63) is 24.0 Å². The van der Waals surface area contributed by atoms with Crippen molar-refractivity contribution >= 4 is 11.8 Å². The molecule has 2 rings (SSSR count). The molecule has 18 heavy (non-hydrogen) atoms. The first-order valence-corrected chi connectivity index (χ1v) is 6.35. The lowest BCUT2D eigenvalue weighted by Crippen LogP contribution is -2.50. The van der Waals surface area contributed by atoms with E-state index in [0.29, 0.717) is 5.75 Å². The quantitative estimate of drug-likeness (QED) is 0.663. The summed E-state index contributed by atoms with van der Waals surface area (Å²) in [6, 6.07) is 4.95. The lowest BCUT2D eigenvalue weighted by molar-refractivity contribution is -0.0786. The lowest BCUT2D eigenvalue weighted by atomic mass is 10.1. The van der Waals surface area contributed by atoms with Crippen LogP contribution in [0.4, 0.5) is 0 Å². The van der Waals surface area contributed by atoms with Crippen LogP contribution in [0.1, 0.15) is 5.69 Å². The molecule has 1 aromatic heterocycles. The number of nitriles is 1. The summed E-state index contributed by atoms with van der Waals surface area (Å²) in [4.78, 5) is 3.83. The van der Waals surface area contributed by atoms with Gasteiger partial charge in [0.1, 0.15) is 29.7 Å². The van der Waals surface area contributed by atoms with Gasteiger partial charge in [0.25, 0.3) is 0 Å². The highest BCUT2D eigenvalue weighted by Gasteiger charge is 2.38. The van der Waals surface area contributed by atoms with Crippen LogP contribution in [0.5, 0.6) is 5.75 Å². The SMILES string of the molecule is N#Cc1ccc(O[C@H]2SC[C@@H](O)[C@H](O)[C@H]2O)cn1. The first-order valence-electron chi connectivity index (χ1n) is 5.30. The number of ether oxygens (including phenoxy) is 1. The normalized spacial score (nSPS) is 31.7. The number of hydrogen-bond donors (Lipinski definition) is 3. The van der Waals surface area contributed by atoms with Crippen molar-refractivity contribution in [1.82, 2.24) is 4.98 Å². The van der Waals surface area contributed by atoms with E-state index in [1.807, 2.05) is 6.07 Å². The van der Waals surface area contributed by atoms with Crippen LogP contribution in [0.3, 0.4) is 0 Å². The zero-order chi connectivity index (χ0) is 13.1. The first-order chi connectivity index (χ1) is 8.61. The Hall–Kier alpha value is -1.33. The minimum Gasteiger partial charge on any atom is -0.475 e. The fourth-order valence-corrected chi connectivity index (χ4v) is 2.65. The van der Waals surface area contributed by atoms with Gasteiger partial charge in [-0.2, -0.15) is 5.26 Å². The fourth-order valence-electron chi connectivity index (χ4n) is 1.53. The van der Waals surface area contributed by atoms with Crippen LogP contribution in [0.15, 0.2) is 18.3 Å². The predicted octanol–water partition coefficient (Wildman–Crippen LogP) is -0.512. The van der Waals surface area contributed by atoms with Crippen LogP contribution >= 0.6 is 11.8 Å². The molecule has 0 spiro atoms. The average Bonchev–Trinajstić information content (AvgIpc) is 2.40.